The molecule has 2 aromatic heterocycles. The van der Waals surface area contributed by atoms with Crippen LogP contribution in [0, 0.1) is 5.41 Å². The molecular formula is C24H31ClN6O3. The summed E-state index contributed by atoms with van der Waals surface area (Å²) >= 11 is 6.36. The molecule has 1 aliphatic rings. The first-order valence-electron chi connectivity index (χ1n) is 11.2. The third-order valence-electron chi connectivity index (χ3n) is 6.39. The highest BCUT2D eigenvalue weighted by Gasteiger charge is 2.37. The van der Waals surface area contributed by atoms with Crippen LogP contribution in [0.25, 0.3) is 11.0 Å². The summed E-state index contributed by atoms with van der Waals surface area (Å²) in [7, 11) is 1.65. The fraction of sp³-hybridized carbons (Fsp3) is 0.458. The average molecular weight is 487 g/mol. The lowest BCUT2D eigenvalue weighted by Crippen LogP contribution is -2.59. The van der Waals surface area contributed by atoms with Crippen LogP contribution in [0.2, 0.25) is 5.15 Å². The van der Waals surface area contributed by atoms with Crippen molar-refractivity contribution in [3.05, 3.63) is 46.7 Å². The third kappa shape index (κ3) is 4.90. The van der Waals surface area contributed by atoms with Crippen molar-refractivity contribution in [3.8, 4) is 5.75 Å². The molecule has 1 aliphatic heterocycles. The number of hydrogen-bond donors (Lipinski definition) is 2. The van der Waals surface area contributed by atoms with Gasteiger partial charge in [-0.15, -0.1) is 0 Å². The first-order chi connectivity index (χ1) is 16.1. The minimum atomic E-state index is -0.852. The molecule has 3 N–H and O–H groups in total. The van der Waals surface area contributed by atoms with Gasteiger partial charge in [0.2, 0.25) is 5.95 Å². The predicted octanol–water partition coefficient (Wildman–Crippen LogP) is 3.93. The highest BCUT2D eigenvalue weighted by Crippen LogP contribution is 2.30. The highest BCUT2D eigenvalue weighted by molar-refractivity contribution is 6.33. The Bertz CT molecular complexity index is 1210. The minimum Gasteiger partial charge on any atom is -0.496 e. The summed E-state index contributed by atoms with van der Waals surface area (Å²) in [6.45, 7) is 9.40. The lowest BCUT2D eigenvalue weighted by atomic mass is 9.84. The van der Waals surface area contributed by atoms with Crippen LogP contribution in [0.5, 0.6) is 5.75 Å². The Hall–Kier alpha value is -3.04. The standard InChI is InChI=1S/C24H31ClN6O3/c1-24(2,3)19-14-29(9-10-31(19)23(32)33)12-15-5-6-18(34-4)16(11-15)13-30-8-7-17-20(30)21(25)28-22(26)27-17/h5-8,11,19H,9-10,12-14H2,1-4H3,(H,32,33)(H2,26,27,28). The smallest absolute Gasteiger partial charge is 0.407 e. The predicted molar refractivity (Wildman–Crippen MR) is 132 cm³/mol. The van der Waals surface area contributed by atoms with Crippen LogP contribution in [0.3, 0.4) is 0 Å². The maximum atomic E-state index is 11.7. The molecule has 0 spiro atoms. The van der Waals surface area contributed by atoms with Gasteiger partial charge < -0.3 is 25.0 Å². The molecule has 1 atom stereocenters. The zero-order valence-corrected chi connectivity index (χ0v) is 20.7. The van der Waals surface area contributed by atoms with Gasteiger partial charge in [0.15, 0.2) is 5.15 Å². The molecule has 182 valence electrons. The van der Waals surface area contributed by atoms with Crippen LogP contribution in [-0.2, 0) is 13.1 Å². The van der Waals surface area contributed by atoms with Crippen molar-refractivity contribution in [3.63, 3.8) is 0 Å². The van der Waals surface area contributed by atoms with E-state index in [2.05, 4.69) is 47.8 Å². The number of rotatable bonds is 5. The number of halogens is 1. The molecule has 34 heavy (non-hydrogen) atoms. The number of fused-ring (bicyclic) bond motifs is 1. The molecule has 0 bridgehead atoms. The first kappa shape index (κ1) is 24.1. The lowest BCUT2D eigenvalue weighted by molar-refractivity contribution is 0.0190. The molecule has 0 aliphatic carbocycles. The highest BCUT2D eigenvalue weighted by atomic mass is 35.5. The fourth-order valence-corrected chi connectivity index (χ4v) is 4.95. The van der Waals surface area contributed by atoms with Crippen LogP contribution >= 0.6 is 11.6 Å². The van der Waals surface area contributed by atoms with Crippen molar-refractivity contribution >= 4 is 34.7 Å². The quantitative estimate of drug-likeness (QED) is 0.525. The van der Waals surface area contributed by atoms with E-state index in [9.17, 15) is 9.90 Å². The van der Waals surface area contributed by atoms with E-state index >= 15 is 0 Å². The van der Waals surface area contributed by atoms with Crippen LogP contribution in [0.15, 0.2) is 30.5 Å². The molecule has 1 saturated heterocycles. The van der Waals surface area contributed by atoms with E-state index in [0.29, 0.717) is 36.8 Å². The van der Waals surface area contributed by atoms with E-state index in [1.165, 1.54) is 0 Å². The number of aromatic nitrogens is 3. The average Bonchev–Trinajstić information content (AvgIpc) is 3.16. The number of methoxy groups -OCH3 is 1. The van der Waals surface area contributed by atoms with Crippen molar-refractivity contribution < 1.29 is 14.6 Å². The number of anilines is 1. The summed E-state index contributed by atoms with van der Waals surface area (Å²) in [6, 6.07) is 7.96. The molecule has 3 heterocycles. The van der Waals surface area contributed by atoms with Gasteiger partial charge in [0, 0.05) is 37.9 Å². The van der Waals surface area contributed by atoms with Gasteiger partial charge >= 0.3 is 6.09 Å². The topological polar surface area (TPSA) is 110 Å². The Balaban J connectivity index is 1.57. The second-order valence-electron chi connectivity index (χ2n) is 9.79. The van der Waals surface area contributed by atoms with Gasteiger partial charge in [-0.05, 0) is 29.2 Å². The Kier molecular flexibility index (Phi) is 6.60. The number of nitrogens with zero attached hydrogens (tertiary/aromatic N) is 5. The van der Waals surface area contributed by atoms with E-state index in [1.54, 1.807) is 12.0 Å². The van der Waals surface area contributed by atoms with Gasteiger partial charge in [0.1, 0.15) is 11.3 Å². The van der Waals surface area contributed by atoms with Gasteiger partial charge in [0.05, 0.1) is 25.2 Å². The monoisotopic (exact) mass is 486 g/mol. The molecular weight excluding hydrogens is 456 g/mol. The zero-order chi connectivity index (χ0) is 24.6. The summed E-state index contributed by atoms with van der Waals surface area (Å²) in [5.41, 5.74) is 9.13. The van der Waals surface area contributed by atoms with Crippen LogP contribution < -0.4 is 10.5 Å². The van der Waals surface area contributed by atoms with Crippen molar-refractivity contribution in [1.82, 2.24) is 24.3 Å². The van der Waals surface area contributed by atoms with Crippen LogP contribution in [-0.4, -0.2) is 68.3 Å². The summed E-state index contributed by atoms with van der Waals surface area (Å²) in [5.74, 6) is 0.924. The molecule has 1 aromatic carbocycles. The maximum Gasteiger partial charge on any atom is 0.407 e. The number of benzene rings is 1. The number of carboxylic acid groups (broad SMARTS) is 1. The summed E-state index contributed by atoms with van der Waals surface area (Å²) in [6.07, 6.45) is 1.06. The second kappa shape index (κ2) is 9.31. The molecule has 9 nitrogen and oxygen atoms in total. The minimum absolute atomic E-state index is 0.0720. The van der Waals surface area contributed by atoms with E-state index in [-0.39, 0.29) is 17.4 Å². The number of carbonyl (C=O) groups is 1. The Morgan fingerprint density at radius 2 is 2.00 bits per heavy atom. The van der Waals surface area contributed by atoms with Gasteiger partial charge in [-0.25, -0.2) is 9.78 Å². The second-order valence-corrected chi connectivity index (χ2v) is 10.1. The maximum absolute atomic E-state index is 11.7. The lowest BCUT2D eigenvalue weighted by Gasteiger charge is -2.46. The number of hydrogen-bond acceptors (Lipinski definition) is 6. The molecule has 4 rings (SSSR count). The van der Waals surface area contributed by atoms with Gasteiger partial charge in [0.25, 0.3) is 0 Å². The van der Waals surface area contributed by atoms with E-state index < -0.39 is 6.09 Å². The van der Waals surface area contributed by atoms with E-state index in [0.717, 1.165) is 28.9 Å². The van der Waals surface area contributed by atoms with Crippen LogP contribution in [0.1, 0.15) is 31.9 Å². The molecule has 10 heteroatoms. The number of nitrogens with two attached hydrogens (primary N) is 1. The van der Waals surface area contributed by atoms with Gasteiger partial charge in [-0.1, -0.05) is 38.4 Å². The van der Waals surface area contributed by atoms with Crippen LogP contribution in [0.4, 0.5) is 10.7 Å². The molecule has 1 unspecified atom stereocenters. The first-order valence-corrected chi connectivity index (χ1v) is 11.6. The Morgan fingerprint density at radius 3 is 2.68 bits per heavy atom. The van der Waals surface area contributed by atoms with E-state index in [1.807, 2.05) is 22.9 Å². The normalized spacial score (nSPS) is 17.3. The Morgan fingerprint density at radius 1 is 1.24 bits per heavy atom. The van der Waals surface area contributed by atoms with E-state index in [4.69, 9.17) is 22.1 Å². The zero-order valence-electron chi connectivity index (χ0n) is 20.0. The SMILES string of the molecule is COc1ccc(CN2CCN(C(=O)O)C(C(C)(C)C)C2)cc1Cn1ccc2nc(N)nc(Cl)c21. The molecule has 0 saturated carbocycles. The van der Waals surface area contributed by atoms with Gasteiger partial charge in [-0.3, -0.25) is 4.90 Å². The number of ether oxygens (including phenoxy) is 1. The largest absolute Gasteiger partial charge is 0.496 e. The van der Waals surface area contributed by atoms with Crippen molar-refractivity contribution in [1.29, 1.82) is 0 Å². The molecule has 1 amide bonds. The number of amides is 1. The summed E-state index contributed by atoms with van der Waals surface area (Å²) < 4.78 is 7.61. The van der Waals surface area contributed by atoms with Crippen molar-refractivity contribution in [2.75, 3.05) is 32.5 Å². The Labute approximate surface area is 204 Å². The third-order valence-corrected chi connectivity index (χ3v) is 6.65. The number of piperazine rings is 1. The van der Waals surface area contributed by atoms with Gasteiger partial charge in [-0.2, -0.15) is 4.98 Å². The molecule has 0 radical (unpaired) electrons. The fourth-order valence-electron chi connectivity index (χ4n) is 4.66. The summed E-state index contributed by atoms with van der Waals surface area (Å²) in [4.78, 5) is 24.0. The molecule has 3 aromatic rings. The van der Waals surface area contributed by atoms with Crippen molar-refractivity contribution in [2.24, 2.45) is 5.41 Å². The van der Waals surface area contributed by atoms with Crippen molar-refractivity contribution in [2.45, 2.75) is 39.9 Å². The number of nitrogen functional groups attached to an aromatic ring is 1. The molecule has 1 fully saturated rings. The summed E-state index contributed by atoms with van der Waals surface area (Å²) in [5, 5.41) is 9.95.